The topological polar surface area (TPSA) is 40.7 Å². The minimum atomic E-state index is 0.145. The maximum absolute atomic E-state index is 4.25. The Balaban J connectivity index is 2.31. The van der Waals surface area contributed by atoms with E-state index in [1.54, 1.807) is 6.20 Å². The zero-order valence-electron chi connectivity index (χ0n) is 8.07. The van der Waals surface area contributed by atoms with E-state index < -0.39 is 0 Å². The average Bonchev–Trinajstić information content (AvgIpc) is 2.74. The Morgan fingerprint density at radius 3 is 2.64 bits per heavy atom. The monoisotopic (exact) mass is 187 g/mol. The van der Waals surface area contributed by atoms with Crippen LogP contribution in [0.25, 0.3) is 0 Å². The van der Waals surface area contributed by atoms with Gasteiger partial charge in [0, 0.05) is 12.4 Å². The van der Waals surface area contributed by atoms with E-state index in [2.05, 4.69) is 27.4 Å². The molecule has 0 radical (unpaired) electrons. The van der Waals surface area contributed by atoms with Crippen molar-refractivity contribution >= 4 is 0 Å². The molecule has 0 aliphatic heterocycles. The summed E-state index contributed by atoms with van der Waals surface area (Å²) in [6, 6.07) is 10.4. The van der Waals surface area contributed by atoms with Gasteiger partial charge in [0.2, 0.25) is 0 Å². The van der Waals surface area contributed by atoms with E-state index in [4.69, 9.17) is 0 Å². The number of imidazole rings is 1. The van der Waals surface area contributed by atoms with Crippen LogP contribution in [0.1, 0.15) is 17.4 Å². The molecule has 0 fully saturated rings. The van der Waals surface area contributed by atoms with Crippen LogP contribution in [0.15, 0.2) is 42.7 Å². The average molecular weight is 187 g/mol. The van der Waals surface area contributed by atoms with Gasteiger partial charge in [0.05, 0.1) is 6.04 Å². The van der Waals surface area contributed by atoms with Crippen LogP contribution < -0.4 is 5.32 Å². The summed E-state index contributed by atoms with van der Waals surface area (Å²) in [5.74, 6) is 0.943. The number of aromatic nitrogens is 2. The molecule has 2 rings (SSSR count). The lowest BCUT2D eigenvalue weighted by Gasteiger charge is -2.13. The Labute approximate surface area is 83.2 Å². The van der Waals surface area contributed by atoms with Crippen molar-refractivity contribution < 1.29 is 0 Å². The molecule has 1 atom stereocenters. The molecule has 2 aromatic rings. The molecule has 72 valence electrons. The predicted molar refractivity (Wildman–Crippen MR) is 55.9 cm³/mol. The van der Waals surface area contributed by atoms with Gasteiger partial charge in [-0.1, -0.05) is 30.3 Å². The molecule has 2 N–H and O–H groups in total. The summed E-state index contributed by atoms with van der Waals surface area (Å²) in [4.78, 5) is 7.36. The molecule has 14 heavy (non-hydrogen) atoms. The highest BCUT2D eigenvalue weighted by molar-refractivity contribution is 5.24. The van der Waals surface area contributed by atoms with Gasteiger partial charge >= 0.3 is 0 Å². The van der Waals surface area contributed by atoms with Gasteiger partial charge in [-0.25, -0.2) is 4.98 Å². The maximum atomic E-state index is 4.25. The fraction of sp³-hybridized carbons (Fsp3) is 0.182. The second kappa shape index (κ2) is 4.07. The molecule has 3 nitrogen and oxygen atoms in total. The summed E-state index contributed by atoms with van der Waals surface area (Å²) in [6.07, 6.45) is 3.60. The lowest BCUT2D eigenvalue weighted by atomic mass is 10.1. The van der Waals surface area contributed by atoms with Gasteiger partial charge in [0.15, 0.2) is 0 Å². The molecule has 0 unspecified atom stereocenters. The third-order valence-electron chi connectivity index (χ3n) is 2.21. The number of nitrogens with zero attached hydrogens (tertiary/aromatic N) is 1. The summed E-state index contributed by atoms with van der Waals surface area (Å²) in [7, 11) is 1.93. The Morgan fingerprint density at radius 1 is 1.29 bits per heavy atom. The number of hydrogen-bond donors (Lipinski definition) is 2. The van der Waals surface area contributed by atoms with Gasteiger partial charge in [-0.15, -0.1) is 0 Å². The quantitative estimate of drug-likeness (QED) is 0.768. The number of aromatic amines is 1. The van der Waals surface area contributed by atoms with Gasteiger partial charge in [-0.3, -0.25) is 0 Å². The molecule has 0 bridgehead atoms. The highest BCUT2D eigenvalue weighted by atomic mass is 15.0. The van der Waals surface area contributed by atoms with Gasteiger partial charge < -0.3 is 10.3 Å². The highest BCUT2D eigenvalue weighted by Crippen LogP contribution is 2.17. The Morgan fingerprint density at radius 2 is 2.07 bits per heavy atom. The molecule has 1 aromatic carbocycles. The molecule has 0 aliphatic rings. The first-order valence-corrected chi connectivity index (χ1v) is 4.63. The second-order valence-electron chi connectivity index (χ2n) is 3.11. The second-order valence-corrected chi connectivity index (χ2v) is 3.11. The number of H-pyrrole nitrogens is 1. The van der Waals surface area contributed by atoms with E-state index in [0.717, 1.165) is 5.82 Å². The fourth-order valence-corrected chi connectivity index (χ4v) is 1.54. The molecule has 0 amide bonds. The Hall–Kier alpha value is -1.61. The molecular weight excluding hydrogens is 174 g/mol. The third-order valence-corrected chi connectivity index (χ3v) is 2.21. The normalized spacial score (nSPS) is 12.6. The van der Waals surface area contributed by atoms with Crippen LogP contribution >= 0.6 is 0 Å². The van der Waals surface area contributed by atoms with Gasteiger partial charge in [-0.2, -0.15) is 0 Å². The van der Waals surface area contributed by atoms with Crippen LogP contribution in [0.2, 0.25) is 0 Å². The van der Waals surface area contributed by atoms with Crippen LogP contribution in [0, 0.1) is 0 Å². The van der Waals surface area contributed by atoms with E-state index in [1.807, 2.05) is 31.4 Å². The van der Waals surface area contributed by atoms with Crippen LogP contribution in [-0.4, -0.2) is 17.0 Å². The van der Waals surface area contributed by atoms with E-state index >= 15 is 0 Å². The number of rotatable bonds is 3. The largest absolute Gasteiger partial charge is 0.347 e. The molecule has 0 saturated carbocycles. The van der Waals surface area contributed by atoms with E-state index in [1.165, 1.54) is 5.56 Å². The SMILES string of the molecule is CN[C@@H](c1ccccc1)c1ncc[nH]1. The minimum absolute atomic E-state index is 0.145. The van der Waals surface area contributed by atoms with E-state index in [9.17, 15) is 0 Å². The standard InChI is InChI=1S/C11H13N3/c1-12-10(11-13-7-8-14-11)9-5-3-2-4-6-9/h2-8,10,12H,1H3,(H,13,14)/t10-/m0/s1. The van der Waals surface area contributed by atoms with Crippen molar-refractivity contribution in [1.29, 1.82) is 0 Å². The Kier molecular flexibility index (Phi) is 2.60. The van der Waals surface area contributed by atoms with Crippen LogP contribution in [-0.2, 0) is 0 Å². The summed E-state index contributed by atoms with van der Waals surface area (Å²) >= 11 is 0. The molecule has 3 heteroatoms. The van der Waals surface area contributed by atoms with Crippen molar-refractivity contribution in [3.63, 3.8) is 0 Å². The smallest absolute Gasteiger partial charge is 0.127 e. The number of nitrogens with one attached hydrogen (secondary N) is 2. The number of benzene rings is 1. The molecule has 1 aromatic heterocycles. The van der Waals surface area contributed by atoms with Crippen LogP contribution in [0.3, 0.4) is 0 Å². The van der Waals surface area contributed by atoms with Crippen molar-refractivity contribution in [2.75, 3.05) is 7.05 Å². The third kappa shape index (κ3) is 1.67. The van der Waals surface area contributed by atoms with Crippen LogP contribution in [0.5, 0.6) is 0 Å². The first kappa shape index (κ1) is 8.97. The fourth-order valence-electron chi connectivity index (χ4n) is 1.54. The van der Waals surface area contributed by atoms with E-state index in [-0.39, 0.29) is 6.04 Å². The first-order valence-electron chi connectivity index (χ1n) is 4.63. The zero-order valence-corrected chi connectivity index (χ0v) is 8.07. The van der Waals surface area contributed by atoms with Crippen molar-refractivity contribution in [1.82, 2.24) is 15.3 Å². The van der Waals surface area contributed by atoms with Gasteiger partial charge in [-0.05, 0) is 12.6 Å². The maximum Gasteiger partial charge on any atom is 0.127 e. The summed E-state index contributed by atoms with van der Waals surface area (Å²) < 4.78 is 0. The zero-order chi connectivity index (χ0) is 9.80. The lowest BCUT2D eigenvalue weighted by Crippen LogP contribution is -2.18. The predicted octanol–water partition coefficient (Wildman–Crippen LogP) is 1.72. The summed E-state index contributed by atoms with van der Waals surface area (Å²) in [5.41, 5.74) is 1.21. The molecule has 0 spiro atoms. The lowest BCUT2D eigenvalue weighted by molar-refractivity contribution is 0.655. The van der Waals surface area contributed by atoms with Gasteiger partial charge in [0.25, 0.3) is 0 Å². The molecular formula is C11H13N3. The molecule has 0 aliphatic carbocycles. The molecule has 1 heterocycles. The minimum Gasteiger partial charge on any atom is -0.347 e. The molecule has 0 saturated heterocycles. The highest BCUT2D eigenvalue weighted by Gasteiger charge is 2.12. The first-order chi connectivity index (χ1) is 6.92. The Bertz CT molecular complexity index is 367. The summed E-state index contributed by atoms with van der Waals surface area (Å²) in [6.45, 7) is 0. The van der Waals surface area contributed by atoms with Crippen molar-refractivity contribution in [2.45, 2.75) is 6.04 Å². The van der Waals surface area contributed by atoms with Crippen molar-refractivity contribution in [2.24, 2.45) is 0 Å². The van der Waals surface area contributed by atoms with Crippen molar-refractivity contribution in [3.05, 3.63) is 54.1 Å². The number of hydrogen-bond acceptors (Lipinski definition) is 2. The van der Waals surface area contributed by atoms with E-state index in [0.29, 0.717) is 0 Å². The summed E-state index contributed by atoms with van der Waals surface area (Å²) in [5, 5.41) is 3.23. The van der Waals surface area contributed by atoms with Crippen molar-refractivity contribution in [3.8, 4) is 0 Å². The van der Waals surface area contributed by atoms with Gasteiger partial charge in [0.1, 0.15) is 5.82 Å². The van der Waals surface area contributed by atoms with Crippen LogP contribution in [0.4, 0.5) is 0 Å².